The van der Waals surface area contributed by atoms with E-state index in [0.29, 0.717) is 30.0 Å². The number of para-hydroxylation sites is 2. The van der Waals surface area contributed by atoms with Crippen LogP contribution in [0.15, 0.2) is 24.3 Å². The number of carbonyl (C=O) groups excluding carboxylic acids is 1. The summed E-state index contributed by atoms with van der Waals surface area (Å²) in [6.45, 7) is 5.97. The predicted octanol–water partition coefficient (Wildman–Crippen LogP) is 3.43. The number of fused-ring (bicyclic) bond motifs is 1. The summed E-state index contributed by atoms with van der Waals surface area (Å²) in [5, 5.41) is 12.7. The number of hydrogen-bond acceptors (Lipinski definition) is 7. The van der Waals surface area contributed by atoms with E-state index in [0.717, 1.165) is 42.9 Å². The molecule has 0 unspecified atom stereocenters. The molecular weight excluding hydrogens is 408 g/mol. The second kappa shape index (κ2) is 9.05. The summed E-state index contributed by atoms with van der Waals surface area (Å²) in [6.07, 6.45) is 2.78. The summed E-state index contributed by atoms with van der Waals surface area (Å²) in [7, 11) is 1.54. The molecule has 1 N–H and O–H groups in total. The highest BCUT2D eigenvalue weighted by Gasteiger charge is 2.34. The van der Waals surface area contributed by atoms with Crippen molar-refractivity contribution < 1.29 is 19.0 Å². The van der Waals surface area contributed by atoms with E-state index in [-0.39, 0.29) is 24.0 Å². The third kappa shape index (κ3) is 4.48. The van der Waals surface area contributed by atoms with Gasteiger partial charge in [-0.05, 0) is 44.4 Å². The molecule has 168 valence electrons. The van der Waals surface area contributed by atoms with Crippen LogP contribution in [0.3, 0.4) is 0 Å². The SMILES string of the molecule is COc1ccccc1NC(=O)COc1nc(N2CCCC2)c2c(c1C#N)CC(C)(C)OC2. The Kier molecular flexibility index (Phi) is 6.19. The molecular formula is C24H28N4O4. The first-order valence-corrected chi connectivity index (χ1v) is 10.8. The lowest BCUT2D eigenvalue weighted by Crippen LogP contribution is -2.34. The lowest BCUT2D eigenvalue weighted by atomic mass is 9.89. The molecule has 0 bridgehead atoms. The number of amides is 1. The number of methoxy groups -OCH3 is 1. The lowest BCUT2D eigenvalue weighted by Gasteiger charge is -2.35. The van der Waals surface area contributed by atoms with Crippen molar-refractivity contribution in [3.8, 4) is 17.7 Å². The predicted molar refractivity (Wildman–Crippen MR) is 120 cm³/mol. The summed E-state index contributed by atoms with van der Waals surface area (Å²) in [5.41, 5.74) is 2.40. The van der Waals surface area contributed by atoms with Crippen LogP contribution >= 0.6 is 0 Å². The number of ether oxygens (including phenoxy) is 3. The Balaban J connectivity index is 1.61. The molecule has 1 aromatic heterocycles. The van der Waals surface area contributed by atoms with Gasteiger partial charge in [0.05, 0.1) is 25.0 Å². The topological polar surface area (TPSA) is 96.7 Å². The Morgan fingerprint density at radius 3 is 2.75 bits per heavy atom. The maximum atomic E-state index is 12.6. The van der Waals surface area contributed by atoms with Crippen LogP contribution in [0.1, 0.15) is 43.4 Å². The van der Waals surface area contributed by atoms with Gasteiger partial charge in [0.1, 0.15) is 23.2 Å². The van der Waals surface area contributed by atoms with Crippen LogP contribution < -0.4 is 19.7 Å². The van der Waals surface area contributed by atoms with Crippen molar-refractivity contribution in [2.45, 2.75) is 45.3 Å². The van der Waals surface area contributed by atoms with Crippen LogP contribution in [-0.2, 0) is 22.6 Å². The average Bonchev–Trinajstić information content (AvgIpc) is 3.31. The van der Waals surface area contributed by atoms with E-state index in [9.17, 15) is 10.1 Å². The molecule has 32 heavy (non-hydrogen) atoms. The number of benzene rings is 1. The number of nitrogens with zero attached hydrogens (tertiary/aromatic N) is 3. The fourth-order valence-electron chi connectivity index (χ4n) is 4.20. The number of hydrogen-bond donors (Lipinski definition) is 1. The molecule has 1 saturated heterocycles. The van der Waals surface area contributed by atoms with Gasteiger partial charge in [0, 0.05) is 25.1 Å². The summed E-state index contributed by atoms with van der Waals surface area (Å²) in [4.78, 5) is 19.5. The standard InChI is InChI=1S/C24H28N4O4/c1-24(2)12-16-17(13-25)23(27-22(18(16)14-32-24)28-10-6-7-11-28)31-15-21(29)26-19-8-4-5-9-20(19)30-3/h4-5,8-9H,6-7,10-12,14-15H2,1-3H3,(H,26,29). The highest BCUT2D eigenvalue weighted by atomic mass is 16.5. The van der Waals surface area contributed by atoms with E-state index in [1.54, 1.807) is 19.2 Å². The smallest absolute Gasteiger partial charge is 0.262 e. The van der Waals surface area contributed by atoms with Gasteiger partial charge in [0.2, 0.25) is 5.88 Å². The first-order chi connectivity index (χ1) is 15.4. The number of nitrogens with one attached hydrogen (secondary N) is 1. The Labute approximate surface area is 188 Å². The van der Waals surface area contributed by atoms with Crippen molar-refractivity contribution in [1.29, 1.82) is 5.26 Å². The summed E-state index contributed by atoms with van der Waals surface area (Å²) < 4.78 is 17.1. The summed E-state index contributed by atoms with van der Waals surface area (Å²) in [6, 6.07) is 9.41. The number of carbonyl (C=O) groups is 1. The van der Waals surface area contributed by atoms with Crippen molar-refractivity contribution in [3.05, 3.63) is 41.0 Å². The number of rotatable bonds is 6. The van der Waals surface area contributed by atoms with E-state index >= 15 is 0 Å². The highest BCUT2D eigenvalue weighted by molar-refractivity contribution is 5.93. The molecule has 8 heteroatoms. The second-order valence-electron chi connectivity index (χ2n) is 8.64. The molecule has 1 fully saturated rings. The van der Waals surface area contributed by atoms with Crippen molar-refractivity contribution in [1.82, 2.24) is 4.98 Å². The van der Waals surface area contributed by atoms with Crippen molar-refractivity contribution in [2.24, 2.45) is 0 Å². The fourth-order valence-corrected chi connectivity index (χ4v) is 4.20. The summed E-state index contributed by atoms with van der Waals surface area (Å²) in [5.74, 6) is 1.20. The number of nitriles is 1. The molecule has 0 saturated carbocycles. The first-order valence-electron chi connectivity index (χ1n) is 10.8. The largest absolute Gasteiger partial charge is 0.495 e. The van der Waals surface area contributed by atoms with Crippen molar-refractivity contribution in [2.75, 3.05) is 37.0 Å². The van der Waals surface area contributed by atoms with Gasteiger partial charge in [-0.25, -0.2) is 0 Å². The highest BCUT2D eigenvalue weighted by Crippen LogP contribution is 2.39. The minimum absolute atomic E-state index is 0.195. The Bertz CT molecular complexity index is 1050. The average molecular weight is 437 g/mol. The molecule has 0 radical (unpaired) electrons. The number of aromatic nitrogens is 1. The monoisotopic (exact) mass is 436 g/mol. The maximum absolute atomic E-state index is 12.6. The van der Waals surface area contributed by atoms with Crippen molar-refractivity contribution >= 4 is 17.4 Å². The summed E-state index contributed by atoms with van der Waals surface area (Å²) >= 11 is 0. The van der Waals surface area contributed by atoms with Crippen LogP contribution in [0.2, 0.25) is 0 Å². The minimum Gasteiger partial charge on any atom is -0.495 e. The minimum atomic E-state index is -0.388. The molecule has 2 aliphatic heterocycles. The fraction of sp³-hybridized carbons (Fsp3) is 0.458. The zero-order chi connectivity index (χ0) is 22.7. The molecule has 0 atom stereocenters. The number of pyridine rings is 1. The lowest BCUT2D eigenvalue weighted by molar-refractivity contribution is -0.118. The second-order valence-corrected chi connectivity index (χ2v) is 8.64. The van der Waals surface area contributed by atoms with E-state index in [4.69, 9.17) is 19.2 Å². The van der Waals surface area contributed by atoms with Gasteiger partial charge in [0.25, 0.3) is 5.91 Å². The molecule has 1 aromatic carbocycles. The zero-order valence-electron chi connectivity index (χ0n) is 18.7. The van der Waals surface area contributed by atoms with Gasteiger partial charge in [0.15, 0.2) is 6.61 Å². The zero-order valence-corrected chi connectivity index (χ0v) is 18.7. The van der Waals surface area contributed by atoms with Gasteiger partial charge >= 0.3 is 0 Å². The Morgan fingerprint density at radius 1 is 1.28 bits per heavy atom. The van der Waals surface area contributed by atoms with Gasteiger partial charge in [-0.3, -0.25) is 4.79 Å². The third-order valence-corrected chi connectivity index (χ3v) is 5.81. The van der Waals surface area contributed by atoms with Crippen LogP contribution in [0, 0.1) is 11.3 Å². The van der Waals surface area contributed by atoms with Gasteiger partial charge in [-0.2, -0.15) is 10.2 Å². The van der Waals surface area contributed by atoms with Gasteiger partial charge in [-0.15, -0.1) is 0 Å². The van der Waals surface area contributed by atoms with Gasteiger partial charge in [-0.1, -0.05) is 12.1 Å². The first kappa shape index (κ1) is 21.9. The maximum Gasteiger partial charge on any atom is 0.262 e. The number of anilines is 2. The quantitative estimate of drug-likeness (QED) is 0.741. The normalized spacial score (nSPS) is 16.8. The van der Waals surface area contributed by atoms with Crippen LogP contribution in [0.4, 0.5) is 11.5 Å². The van der Waals surface area contributed by atoms with Crippen LogP contribution in [0.25, 0.3) is 0 Å². The molecule has 3 heterocycles. The van der Waals surface area contributed by atoms with Crippen LogP contribution in [0.5, 0.6) is 11.6 Å². The van der Waals surface area contributed by atoms with Crippen LogP contribution in [-0.4, -0.2) is 43.3 Å². The van der Waals surface area contributed by atoms with E-state index in [1.165, 1.54) is 0 Å². The van der Waals surface area contributed by atoms with E-state index in [1.807, 2.05) is 26.0 Å². The molecule has 0 aliphatic carbocycles. The van der Waals surface area contributed by atoms with E-state index in [2.05, 4.69) is 16.3 Å². The molecule has 2 aliphatic rings. The Hall–Kier alpha value is -3.31. The van der Waals surface area contributed by atoms with Crippen molar-refractivity contribution in [3.63, 3.8) is 0 Å². The third-order valence-electron chi connectivity index (χ3n) is 5.81. The molecule has 1 amide bonds. The molecule has 2 aromatic rings. The molecule has 8 nitrogen and oxygen atoms in total. The molecule has 0 spiro atoms. The Morgan fingerprint density at radius 2 is 2.03 bits per heavy atom. The van der Waals surface area contributed by atoms with E-state index < -0.39 is 0 Å². The molecule has 4 rings (SSSR count). The van der Waals surface area contributed by atoms with Gasteiger partial charge < -0.3 is 24.4 Å².